The SMILES string of the molecule is COCC1CCCN(c2ncc(C(F)(F)F)s2)C1. The molecule has 0 amide bonds. The molecule has 1 aliphatic rings. The average Bonchev–Trinajstić information content (AvgIpc) is 2.78. The van der Waals surface area contributed by atoms with Crippen molar-refractivity contribution in [3.63, 3.8) is 0 Å². The number of nitrogens with zero attached hydrogens (tertiary/aromatic N) is 2. The number of rotatable bonds is 3. The quantitative estimate of drug-likeness (QED) is 0.851. The van der Waals surface area contributed by atoms with E-state index in [1.165, 1.54) is 0 Å². The van der Waals surface area contributed by atoms with E-state index in [1.54, 1.807) is 7.11 Å². The Kier molecular flexibility index (Phi) is 4.11. The molecule has 1 aromatic rings. The van der Waals surface area contributed by atoms with E-state index in [4.69, 9.17) is 4.74 Å². The summed E-state index contributed by atoms with van der Waals surface area (Å²) >= 11 is 0.715. The van der Waals surface area contributed by atoms with Gasteiger partial charge in [-0.05, 0) is 18.8 Å². The van der Waals surface area contributed by atoms with Crippen LogP contribution in [0.15, 0.2) is 6.20 Å². The summed E-state index contributed by atoms with van der Waals surface area (Å²) in [7, 11) is 1.64. The van der Waals surface area contributed by atoms with Gasteiger partial charge >= 0.3 is 6.18 Å². The third kappa shape index (κ3) is 3.14. The molecule has 0 spiro atoms. The summed E-state index contributed by atoms with van der Waals surface area (Å²) in [5.41, 5.74) is 0. The van der Waals surface area contributed by atoms with Gasteiger partial charge in [0, 0.05) is 20.2 Å². The lowest BCUT2D eigenvalue weighted by Gasteiger charge is -2.32. The summed E-state index contributed by atoms with van der Waals surface area (Å²) in [5, 5.41) is 0.461. The van der Waals surface area contributed by atoms with Crippen molar-refractivity contribution in [1.29, 1.82) is 0 Å². The number of hydrogen-bond acceptors (Lipinski definition) is 4. The number of aromatic nitrogens is 1. The molecule has 3 nitrogen and oxygen atoms in total. The lowest BCUT2D eigenvalue weighted by Crippen LogP contribution is -2.37. The smallest absolute Gasteiger partial charge is 0.384 e. The van der Waals surface area contributed by atoms with E-state index < -0.39 is 11.1 Å². The molecule has 102 valence electrons. The van der Waals surface area contributed by atoms with Crippen LogP contribution < -0.4 is 4.90 Å². The number of alkyl halides is 3. The van der Waals surface area contributed by atoms with Gasteiger partial charge in [0.05, 0.1) is 12.8 Å². The summed E-state index contributed by atoms with van der Waals surface area (Å²) in [6, 6.07) is 0. The number of piperidine rings is 1. The minimum absolute atomic E-state index is 0.377. The first-order valence-corrected chi connectivity index (χ1v) is 6.59. The van der Waals surface area contributed by atoms with E-state index in [1.807, 2.05) is 4.90 Å². The van der Waals surface area contributed by atoms with Crippen molar-refractivity contribution in [1.82, 2.24) is 4.98 Å². The first kappa shape index (κ1) is 13.6. The highest BCUT2D eigenvalue weighted by molar-refractivity contribution is 7.15. The van der Waals surface area contributed by atoms with E-state index in [0.717, 1.165) is 32.1 Å². The average molecular weight is 280 g/mol. The van der Waals surface area contributed by atoms with E-state index in [2.05, 4.69) is 4.98 Å². The summed E-state index contributed by atoms with van der Waals surface area (Å²) < 4.78 is 42.6. The second-order valence-corrected chi connectivity index (χ2v) is 5.42. The maximum atomic E-state index is 12.5. The monoisotopic (exact) mass is 280 g/mol. The number of ether oxygens (including phenoxy) is 1. The van der Waals surface area contributed by atoms with Gasteiger partial charge in [0.1, 0.15) is 4.88 Å². The summed E-state index contributed by atoms with van der Waals surface area (Å²) in [6.45, 7) is 2.14. The number of methoxy groups -OCH3 is 1. The molecular weight excluding hydrogens is 265 g/mol. The summed E-state index contributed by atoms with van der Waals surface area (Å²) in [6.07, 6.45) is -1.35. The predicted octanol–water partition coefficient (Wildman–Crippen LogP) is 3.02. The lowest BCUT2D eigenvalue weighted by atomic mass is 9.99. The van der Waals surface area contributed by atoms with Crippen LogP contribution in [-0.4, -0.2) is 31.8 Å². The fraction of sp³-hybridized carbons (Fsp3) is 0.727. The number of hydrogen-bond donors (Lipinski definition) is 0. The van der Waals surface area contributed by atoms with Crippen molar-refractivity contribution in [3.8, 4) is 0 Å². The molecule has 1 unspecified atom stereocenters. The Hall–Kier alpha value is -0.820. The zero-order chi connectivity index (χ0) is 13.2. The van der Waals surface area contributed by atoms with Gasteiger partial charge in [-0.2, -0.15) is 13.2 Å². The number of halogens is 3. The second-order valence-electron chi connectivity index (χ2n) is 4.41. The standard InChI is InChI=1S/C11H15F3N2OS/c1-17-7-8-3-2-4-16(6-8)10-15-5-9(18-10)11(12,13)14/h5,8H,2-4,6-7H2,1H3. The minimum Gasteiger partial charge on any atom is -0.384 e. The molecule has 1 aromatic heterocycles. The normalized spacial score (nSPS) is 21.3. The Morgan fingerprint density at radius 3 is 2.94 bits per heavy atom. The molecule has 1 aliphatic heterocycles. The van der Waals surface area contributed by atoms with Crippen LogP contribution in [0.2, 0.25) is 0 Å². The highest BCUT2D eigenvalue weighted by Gasteiger charge is 2.34. The molecule has 1 atom stereocenters. The molecule has 0 N–H and O–H groups in total. The molecular formula is C11H15F3N2OS. The Morgan fingerprint density at radius 2 is 2.33 bits per heavy atom. The van der Waals surface area contributed by atoms with Crippen LogP contribution in [0.5, 0.6) is 0 Å². The van der Waals surface area contributed by atoms with Crippen LogP contribution in [-0.2, 0) is 10.9 Å². The third-order valence-corrected chi connectivity index (χ3v) is 4.07. The van der Waals surface area contributed by atoms with Gasteiger partial charge in [0.15, 0.2) is 5.13 Å². The van der Waals surface area contributed by atoms with Gasteiger partial charge in [-0.25, -0.2) is 4.98 Å². The topological polar surface area (TPSA) is 25.4 Å². The van der Waals surface area contributed by atoms with Crippen LogP contribution in [0.4, 0.5) is 18.3 Å². The highest BCUT2D eigenvalue weighted by atomic mass is 32.1. The molecule has 1 fully saturated rings. The zero-order valence-corrected chi connectivity index (χ0v) is 10.9. The Bertz CT molecular complexity index is 392. The van der Waals surface area contributed by atoms with E-state index >= 15 is 0 Å². The van der Waals surface area contributed by atoms with E-state index in [-0.39, 0.29) is 0 Å². The van der Waals surface area contributed by atoms with Gasteiger partial charge in [0.2, 0.25) is 0 Å². The zero-order valence-electron chi connectivity index (χ0n) is 10.0. The van der Waals surface area contributed by atoms with Gasteiger partial charge in [0.25, 0.3) is 0 Å². The molecule has 2 rings (SSSR count). The maximum Gasteiger partial charge on any atom is 0.427 e. The van der Waals surface area contributed by atoms with Crippen molar-refractivity contribution < 1.29 is 17.9 Å². The van der Waals surface area contributed by atoms with E-state index in [0.29, 0.717) is 29.0 Å². The molecule has 0 radical (unpaired) electrons. The minimum atomic E-state index is -4.29. The van der Waals surface area contributed by atoms with Crippen LogP contribution in [0, 0.1) is 5.92 Å². The van der Waals surface area contributed by atoms with Gasteiger partial charge in [-0.1, -0.05) is 11.3 Å². The summed E-state index contributed by atoms with van der Waals surface area (Å²) in [4.78, 5) is 5.18. The Morgan fingerprint density at radius 1 is 1.56 bits per heavy atom. The molecule has 0 aliphatic carbocycles. The van der Waals surface area contributed by atoms with Crippen LogP contribution >= 0.6 is 11.3 Å². The van der Waals surface area contributed by atoms with Crippen molar-refractivity contribution in [2.75, 3.05) is 31.7 Å². The number of anilines is 1. The van der Waals surface area contributed by atoms with Crippen LogP contribution in [0.3, 0.4) is 0 Å². The molecule has 0 saturated carbocycles. The van der Waals surface area contributed by atoms with Crippen molar-refractivity contribution in [2.45, 2.75) is 19.0 Å². The molecule has 0 bridgehead atoms. The molecule has 0 aromatic carbocycles. The first-order valence-electron chi connectivity index (χ1n) is 5.77. The summed E-state index contributed by atoms with van der Waals surface area (Å²) in [5.74, 6) is 0.377. The Balaban J connectivity index is 2.05. The van der Waals surface area contributed by atoms with Gasteiger partial charge in [-0.15, -0.1) is 0 Å². The fourth-order valence-electron chi connectivity index (χ4n) is 2.15. The Labute approximate surface area is 108 Å². The third-order valence-electron chi connectivity index (χ3n) is 2.96. The van der Waals surface area contributed by atoms with Crippen LogP contribution in [0.1, 0.15) is 17.7 Å². The first-order chi connectivity index (χ1) is 8.50. The highest BCUT2D eigenvalue weighted by Crippen LogP contribution is 2.37. The fourth-order valence-corrected chi connectivity index (χ4v) is 2.97. The lowest BCUT2D eigenvalue weighted by molar-refractivity contribution is -0.134. The predicted molar refractivity (Wildman–Crippen MR) is 63.9 cm³/mol. The van der Waals surface area contributed by atoms with Gasteiger partial charge in [-0.3, -0.25) is 0 Å². The van der Waals surface area contributed by atoms with Crippen molar-refractivity contribution in [2.24, 2.45) is 5.92 Å². The van der Waals surface area contributed by atoms with Crippen LogP contribution in [0.25, 0.3) is 0 Å². The second kappa shape index (κ2) is 5.44. The van der Waals surface area contributed by atoms with Gasteiger partial charge < -0.3 is 9.64 Å². The molecule has 7 heteroatoms. The molecule has 2 heterocycles. The van der Waals surface area contributed by atoms with E-state index in [9.17, 15) is 13.2 Å². The van der Waals surface area contributed by atoms with Crippen molar-refractivity contribution >= 4 is 16.5 Å². The van der Waals surface area contributed by atoms with Crippen molar-refractivity contribution in [3.05, 3.63) is 11.1 Å². The molecule has 18 heavy (non-hydrogen) atoms. The molecule has 1 saturated heterocycles. The maximum absolute atomic E-state index is 12.5. The largest absolute Gasteiger partial charge is 0.427 e. The number of thiazole rings is 1.